The van der Waals surface area contributed by atoms with E-state index in [1.54, 1.807) is 13.8 Å². The number of hydrogen-bond donors (Lipinski definition) is 0. The summed E-state index contributed by atoms with van der Waals surface area (Å²) < 4.78 is 25.5. The fourth-order valence-corrected chi connectivity index (χ4v) is 0.974. The summed E-state index contributed by atoms with van der Waals surface area (Å²) in [6.45, 7) is 4.11. The van der Waals surface area contributed by atoms with Gasteiger partial charge in [0.1, 0.15) is 5.71 Å². The maximum atomic E-state index is 12.7. The van der Waals surface area contributed by atoms with E-state index in [0.29, 0.717) is 5.57 Å². The molecule has 0 atom stereocenters. The van der Waals surface area contributed by atoms with Gasteiger partial charge in [0.25, 0.3) is 5.92 Å². The molecule has 0 heterocycles. The molecule has 0 fully saturated rings. The van der Waals surface area contributed by atoms with Crippen molar-refractivity contribution in [2.45, 2.75) is 26.7 Å². The van der Waals surface area contributed by atoms with Crippen molar-refractivity contribution < 1.29 is 8.78 Å². The van der Waals surface area contributed by atoms with Gasteiger partial charge >= 0.3 is 0 Å². The molecule has 0 saturated heterocycles. The average Bonchev–Trinajstić information content (AvgIpc) is 1.85. The van der Waals surface area contributed by atoms with Gasteiger partial charge in [-0.1, -0.05) is 17.2 Å². The lowest BCUT2D eigenvalue weighted by Crippen LogP contribution is -2.25. The van der Waals surface area contributed by atoms with E-state index in [1.165, 1.54) is 7.05 Å². The Hall–Kier alpha value is -0.440. The van der Waals surface area contributed by atoms with Crippen molar-refractivity contribution in [3.63, 3.8) is 0 Å². The van der Waals surface area contributed by atoms with Crippen molar-refractivity contribution in [3.05, 3.63) is 10.6 Å². The Morgan fingerprint density at radius 2 is 1.75 bits per heavy atom. The zero-order valence-electron chi connectivity index (χ0n) is 7.58. The summed E-state index contributed by atoms with van der Waals surface area (Å²) in [5.41, 5.74) is 0.281. The summed E-state index contributed by atoms with van der Waals surface area (Å²) >= 11 is 5.64. The SMILES string of the molecule is CN=C(C(Cl)=C(C)C)C(C)(F)F. The molecule has 0 rings (SSSR count). The molecule has 0 aromatic carbocycles. The topological polar surface area (TPSA) is 12.4 Å². The number of nitrogens with zero attached hydrogens (tertiary/aromatic N) is 1. The third-order valence-corrected chi connectivity index (χ3v) is 1.84. The maximum absolute atomic E-state index is 12.7. The molecule has 4 heteroatoms. The zero-order chi connectivity index (χ0) is 9.94. The van der Waals surface area contributed by atoms with Gasteiger partial charge in [-0.05, 0) is 13.8 Å². The van der Waals surface area contributed by atoms with Crippen molar-refractivity contribution in [1.82, 2.24) is 0 Å². The first-order valence-electron chi connectivity index (χ1n) is 3.49. The Bertz CT molecular complexity index is 222. The van der Waals surface area contributed by atoms with Crippen LogP contribution in [0.3, 0.4) is 0 Å². The fraction of sp³-hybridized carbons (Fsp3) is 0.625. The lowest BCUT2D eigenvalue weighted by atomic mass is 10.1. The van der Waals surface area contributed by atoms with Crippen molar-refractivity contribution in [2.75, 3.05) is 7.05 Å². The van der Waals surface area contributed by atoms with Crippen LogP contribution in [0.1, 0.15) is 20.8 Å². The molecular weight excluding hydrogens is 184 g/mol. The molecule has 0 radical (unpaired) electrons. The zero-order valence-corrected chi connectivity index (χ0v) is 8.34. The quantitative estimate of drug-likeness (QED) is 0.600. The van der Waals surface area contributed by atoms with Gasteiger partial charge in [-0.2, -0.15) is 8.78 Å². The monoisotopic (exact) mass is 195 g/mol. The predicted octanol–water partition coefficient (Wildman–Crippen LogP) is 3.25. The third kappa shape index (κ3) is 2.89. The number of hydrogen-bond acceptors (Lipinski definition) is 1. The predicted molar refractivity (Wildman–Crippen MR) is 48.2 cm³/mol. The standard InChI is InChI=1S/C8H12ClF2N/c1-5(2)6(9)7(12-4)8(3,10)11/h1-4H3. The van der Waals surface area contributed by atoms with Crippen LogP contribution in [0.4, 0.5) is 8.78 Å². The van der Waals surface area contributed by atoms with Gasteiger partial charge in [-0.25, -0.2) is 0 Å². The average molecular weight is 196 g/mol. The Labute approximate surface area is 76.1 Å². The Kier molecular flexibility index (Phi) is 3.84. The van der Waals surface area contributed by atoms with E-state index in [9.17, 15) is 8.78 Å². The second kappa shape index (κ2) is 3.99. The molecule has 0 unspecified atom stereocenters. The molecule has 0 saturated carbocycles. The van der Waals surface area contributed by atoms with E-state index in [2.05, 4.69) is 4.99 Å². The maximum Gasteiger partial charge on any atom is 0.287 e. The van der Waals surface area contributed by atoms with E-state index in [1.807, 2.05) is 0 Å². The second-order valence-electron chi connectivity index (χ2n) is 2.77. The molecular formula is C8H12ClF2N. The highest BCUT2D eigenvalue weighted by atomic mass is 35.5. The molecule has 1 nitrogen and oxygen atoms in total. The van der Waals surface area contributed by atoms with Crippen LogP contribution in [0.25, 0.3) is 0 Å². The Balaban J connectivity index is 5.00. The van der Waals surface area contributed by atoms with E-state index < -0.39 is 5.92 Å². The highest BCUT2D eigenvalue weighted by Gasteiger charge is 2.31. The smallest absolute Gasteiger partial charge is 0.285 e. The first-order valence-corrected chi connectivity index (χ1v) is 3.87. The molecule has 0 amide bonds. The van der Waals surface area contributed by atoms with Gasteiger partial charge in [0.15, 0.2) is 0 Å². The summed E-state index contributed by atoms with van der Waals surface area (Å²) in [5, 5.41) is 0.0463. The number of aliphatic imine (C=N–C) groups is 1. The molecule has 0 aromatic heterocycles. The lowest BCUT2D eigenvalue weighted by molar-refractivity contribution is 0.101. The molecule has 0 N–H and O–H groups in total. The first kappa shape index (κ1) is 11.6. The van der Waals surface area contributed by atoms with Crippen molar-refractivity contribution >= 4 is 17.3 Å². The van der Waals surface area contributed by atoms with Crippen molar-refractivity contribution in [1.29, 1.82) is 0 Å². The number of alkyl halides is 2. The third-order valence-electron chi connectivity index (χ3n) is 1.29. The lowest BCUT2D eigenvalue weighted by Gasteiger charge is -2.13. The van der Waals surface area contributed by atoms with E-state index in [0.717, 1.165) is 6.92 Å². The minimum atomic E-state index is -2.97. The normalized spacial score (nSPS) is 13.1. The van der Waals surface area contributed by atoms with E-state index in [4.69, 9.17) is 11.6 Å². The van der Waals surface area contributed by atoms with Crippen LogP contribution in [0, 0.1) is 0 Å². The van der Waals surface area contributed by atoms with Gasteiger partial charge in [-0.3, -0.25) is 4.99 Å². The minimum Gasteiger partial charge on any atom is -0.285 e. The number of rotatable bonds is 2. The van der Waals surface area contributed by atoms with Crippen LogP contribution in [0.5, 0.6) is 0 Å². The summed E-state index contributed by atoms with van der Waals surface area (Å²) in [6.07, 6.45) is 0. The van der Waals surface area contributed by atoms with Gasteiger partial charge < -0.3 is 0 Å². The minimum absolute atomic E-state index is 0.0463. The van der Waals surface area contributed by atoms with Crippen molar-refractivity contribution in [2.24, 2.45) is 4.99 Å². The molecule has 0 spiro atoms. The Morgan fingerprint density at radius 1 is 1.33 bits per heavy atom. The molecule has 0 bridgehead atoms. The van der Waals surface area contributed by atoms with Gasteiger partial charge in [0.05, 0.1) is 5.03 Å². The second-order valence-corrected chi connectivity index (χ2v) is 3.15. The van der Waals surface area contributed by atoms with Gasteiger partial charge in [-0.15, -0.1) is 0 Å². The molecule has 0 aliphatic carbocycles. The van der Waals surface area contributed by atoms with Crippen LogP contribution in [0.2, 0.25) is 0 Å². The summed E-state index contributed by atoms with van der Waals surface area (Å²) in [7, 11) is 1.30. The Morgan fingerprint density at radius 3 is 1.83 bits per heavy atom. The van der Waals surface area contributed by atoms with Crippen LogP contribution < -0.4 is 0 Å². The van der Waals surface area contributed by atoms with Crippen molar-refractivity contribution in [3.8, 4) is 0 Å². The van der Waals surface area contributed by atoms with E-state index in [-0.39, 0.29) is 10.7 Å². The summed E-state index contributed by atoms with van der Waals surface area (Å²) in [4.78, 5) is 3.46. The molecule has 0 aromatic rings. The molecule has 0 aliphatic heterocycles. The molecule has 12 heavy (non-hydrogen) atoms. The molecule has 0 aliphatic rings. The summed E-state index contributed by atoms with van der Waals surface area (Å²) in [6, 6.07) is 0. The van der Waals surface area contributed by atoms with Crippen LogP contribution >= 0.6 is 11.6 Å². The number of halogens is 3. The fourth-order valence-electron chi connectivity index (χ4n) is 0.724. The van der Waals surface area contributed by atoms with Gasteiger partial charge in [0, 0.05) is 14.0 Å². The van der Waals surface area contributed by atoms with E-state index >= 15 is 0 Å². The molecule has 70 valence electrons. The van der Waals surface area contributed by atoms with Crippen LogP contribution in [-0.4, -0.2) is 18.7 Å². The number of allylic oxidation sites excluding steroid dienone is 2. The van der Waals surface area contributed by atoms with Crippen LogP contribution in [-0.2, 0) is 0 Å². The first-order chi connectivity index (χ1) is 5.30. The highest BCUT2D eigenvalue weighted by molar-refractivity contribution is 6.44. The largest absolute Gasteiger partial charge is 0.287 e. The highest BCUT2D eigenvalue weighted by Crippen LogP contribution is 2.24. The van der Waals surface area contributed by atoms with Gasteiger partial charge in [0.2, 0.25) is 0 Å². The summed E-state index contributed by atoms with van der Waals surface area (Å²) in [5.74, 6) is -2.97. The van der Waals surface area contributed by atoms with Crippen LogP contribution in [0.15, 0.2) is 15.6 Å².